The van der Waals surface area contributed by atoms with Gasteiger partial charge >= 0.3 is 0 Å². The largest absolute Gasteiger partial charge is 0.294 e. The average Bonchev–Trinajstić information content (AvgIpc) is 2.62. The maximum absolute atomic E-state index is 12.9. The lowest BCUT2D eigenvalue weighted by Crippen LogP contribution is -2.20. The summed E-state index contributed by atoms with van der Waals surface area (Å²) in [6.07, 6.45) is 0.300. The van der Waals surface area contributed by atoms with Gasteiger partial charge in [0.1, 0.15) is 0 Å². The first-order valence-electron chi connectivity index (χ1n) is 8.12. The summed E-state index contributed by atoms with van der Waals surface area (Å²) in [6, 6.07) is 14.2. The van der Waals surface area contributed by atoms with Crippen molar-refractivity contribution < 1.29 is 9.59 Å². The maximum Gasteiger partial charge on any atom is 0.198 e. The Hall–Kier alpha value is -1.20. The highest BCUT2D eigenvalue weighted by Gasteiger charge is 2.33. The number of carbonyl (C=O) groups excluding carboxylic acids is 2. The zero-order chi connectivity index (χ0) is 18.7. The molecule has 26 heavy (non-hydrogen) atoms. The van der Waals surface area contributed by atoms with E-state index < -0.39 is 0 Å². The summed E-state index contributed by atoms with van der Waals surface area (Å²) in [4.78, 5) is 25.8. The van der Waals surface area contributed by atoms with Crippen LogP contribution < -0.4 is 0 Å². The smallest absolute Gasteiger partial charge is 0.198 e. The zero-order valence-electron chi connectivity index (χ0n) is 14.0. The highest BCUT2D eigenvalue weighted by Crippen LogP contribution is 2.48. The van der Waals surface area contributed by atoms with Crippen molar-refractivity contribution in [2.75, 3.05) is 5.75 Å². The van der Waals surface area contributed by atoms with E-state index in [1.54, 1.807) is 47.8 Å². The minimum absolute atomic E-state index is 0.00409. The predicted octanol–water partition coefficient (Wildman–Crippen LogP) is 6.59. The Morgan fingerprint density at radius 2 is 1.65 bits per heavy atom. The minimum Gasteiger partial charge on any atom is -0.294 e. The standard InChI is InChI=1S/C20H16Cl2O2S2/c1-2-25-20-18(19(24)13-5-9-15(22)10-6-13)16(23)11-17(26-20)12-3-7-14(21)8-4-12/h3-10,17H,2,11H2,1H3. The molecule has 1 aliphatic heterocycles. The molecular weight excluding hydrogens is 407 g/mol. The monoisotopic (exact) mass is 422 g/mol. The van der Waals surface area contributed by atoms with Crippen LogP contribution in [-0.2, 0) is 4.79 Å². The minimum atomic E-state index is -0.232. The lowest BCUT2D eigenvalue weighted by molar-refractivity contribution is -0.115. The molecule has 1 unspecified atom stereocenters. The van der Waals surface area contributed by atoms with E-state index in [9.17, 15) is 9.59 Å². The number of Topliss-reactive ketones (excluding diaryl/α,β-unsaturated/α-hetero) is 2. The molecule has 0 spiro atoms. The van der Waals surface area contributed by atoms with Crippen LogP contribution >= 0.6 is 46.7 Å². The first-order valence-corrected chi connectivity index (χ1v) is 10.7. The Morgan fingerprint density at radius 3 is 2.23 bits per heavy atom. The van der Waals surface area contributed by atoms with Crippen molar-refractivity contribution in [3.63, 3.8) is 0 Å². The van der Waals surface area contributed by atoms with E-state index in [0.29, 0.717) is 27.6 Å². The zero-order valence-corrected chi connectivity index (χ0v) is 17.1. The van der Waals surface area contributed by atoms with E-state index in [1.807, 2.05) is 31.2 Å². The molecule has 0 radical (unpaired) electrons. The van der Waals surface area contributed by atoms with Gasteiger partial charge in [0.15, 0.2) is 11.6 Å². The first-order chi connectivity index (χ1) is 12.5. The molecule has 0 bridgehead atoms. The molecule has 0 aromatic heterocycles. The van der Waals surface area contributed by atoms with Gasteiger partial charge in [-0.1, -0.05) is 42.3 Å². The lowest BCUT2D eigenvalue weighted by Gasteiger charge is -2.25. The number of halogens is 2. The van der Waals surface area contributed by atoms with Crippen LogP contribution in [0.3, 0.4) is 0 Å². The van der Waals surface area contributed by atoms with E-state index in [0.717, 1.165) is 15.6 Å². The molecule has 0 saturated heterocycles. The second-order valence-electron chi connectivity index (χ2n) is 5.72. The number of hydrogen-bond donors (Lipinski definition) is 0. The molecule has 2 aromatic rings. The van der Waals surface area contributed by atoms with Gasteiger partial charge in [0.2, 0.25) is 0 Å². The van der Waals surface area contributed by atoms with Gasteiger partial charge in [-0.2, -0.15) is 0 Å². The van der Waals surface area contributed by atoms with Crippen LogP contribution in [0.4, 0.5) is 0 Å². The van der Waals surface area contributed by atoms with Gasteiger partial charge in [-0.05, 0) is 47.7 Å². The molecule has 134 valence electrons. The maximum atomic E-state index is 12.9. The Bertz CT molecular complexity index is 858. The third kappa shape index (κ3) is 4.37. The predicted molar refractivity (Wildman–Crippen MR) is 112 cm³/mol. The number of benzene rings is 2. The van der Waals surface area contributed by atoms with E-state index >= 15 is 0 Å². The van der Waals surface area contributed by atoms with E-state index in [2.05, 4.69) is 0 Å². The summed E-state index contributed by atoms with van der Waals surface area (Å²) < 4.78 is 0.795. The van der Waals surface area contributed by atoms with E-state index in [4.69, 9.17) is 23.2 Å². The third-order valence-corrected chi connectivity index (χ3v) is 7.00. The Morgan fingerprint density at radius 1 is 1.08 bits per heavy atom. The number of rotatable bonds is 5. The van der Waals surface area contributed by atoms with Gasteiger partial charge in [0.25, 0.3) is 0 Å². The van der Waals surface area contributed by atoms with E-state index in [1.165, 1.54) is 0 Å². The fraction of sp³-hybridized carbons (Fsp3) is 0.200. The quantitative estimate of drug-likeness (QED) is 0.401. The fourth-order valence-corrected chi connectivity index (χ4v) is 5.63. The molecule has 2 aromatic carbocycles. The first kappa shape index (κ1) is 19.6. The number of hydrogen-bond acceptors (Lipinski definition) is 4. The summed E-state index contributed by atoms with van der Waals surface area (Å²) >= 11 is 15.0. The second-order valence-corrected chi connectivity index (χ2v) is 9.34. The van der Waals surface area contributed by atoms with Crippen LogP contribution in [0.25, 0.3) is 0 Å². The van der Waals surface area contributed by atoms with Crippen LogP contribution in [0, 0.1) is 0 Å². The molecule has 0 aliphatic carbocycles. The fourth-order valence-electron chi connectivity index (χ4n) is 2.68. The molecule has 6 heteroatoms. The summed E-state index contributed by atoms with van der Waals surface area (Å²) in [7, 11) is 0. The molecule has 0 N–H and O–H groups in total. The van der Waals surface area contributed by atoms with Crippen molar-refractivity contribution in [1.82, 2.24) is 0 Å². The lowest BCUT2D eigenvalue weighted by atomic mass is 9.96. The highest BCUT2D eigenvalue weighted by molar-refractivity contribution is 8.22. The van der Waals surface area contributed by atoms with Crippen molar-refractivity contribution in [3.8, 4) is 0 Å². The Balaban J connectivity index is 1.95. The molecule has 0 fully saturated rings. The number of thioether (sulfide) groups is 2. The molecular formula is C20H16Cl2O2S2. The molecule has 0 amide bonds. The van der Waals surface area contributed by atoms with Crippen LogP contribution in [-0.4, -0.2) is 17.3 Å². The van der Waals surface area contributed by atoms with Crippen molar-refractivity contribution in [2.45, 2.75) is 18.6 Å². The van der Waals surface area contributed by atoms with Crippen LogP contribution in [0.2, 0.25) is 10.0 Å². The topological polar surface area (TPSA) is 34.1 Å². The average molecular weight is 423 g/mol. The Kier molecular flexibility index (Phi) is 6.51. The van der Waals surface area contributed by atoms with Gasteiger partial charge in [-0.3, -0.25) is 9.59 Å². The van der Waals surface area contributed by atoms with Gasteiger partial charge in [-0.15, -0.1) is 23.5 Å². The molecule has 3 rings (SSSR count). The third-order valence-electron chi connectivity index (χ3n) is 3.95. The Labute approximate surface area is 171 Å². The molecule has 2 nitrogen and oxygen atoms in total. The van der Waals surface area contributed by atoms with Crippen LogP contribution in [0.1, 0.15) is 34.5 Å². The van der Waals surface area contributed by atoms with Gasteiger partial charge in [0, 0.05) is 27.3 Å². The summed E-state index contributed by atoms with van der Waals surface area (Å²) in [5.41, 5.74) is 1.83. The molecule has 1 atom stereocenters. The van der Waals surface area contributed by atoms with Crippen molar-refractivity contribution in [3.05, 3.63) is 79.5 Å². The molecule has 0 saturated carbocycles. The van der Waals surface area contributed by atoms with E-state index in [-0.39, 0.29) is 16.8 Å². The van der Waals surface area contributed by atoms with Crippen LogP contribution in [0.15, 0.2) is 58.3 Å². The SMILES string of the molecule is CCSC1=C(C(=O)c2ccc(Cl)cc2)C(=O)CC(c2ccc(Cl)cc2)S1. The number of ketones is 2. The van der Waals surface area contributed by atoms with Gasteiger partial charge in [0.05, 0.1) is 9.81 Å². The highest BCUT2D eigenvalue weighted by atomic mass is 35.5. The normalized spacial score (nSPS) is 17.5. The van der Waals surface area contributed by atoms with Crippen molar-refractivity contribution >= 4 is 58.3 Å². The van der Waals surface area contributed by atoms with Gasteiger partial charge < -0.3 is 0 Å². The second kappa shape index (κ2) is 8.66. The number of allylic oxidation sites excluding steroid dienone is 1. The summed E-state index contributed by atoms with van der Waals surface area (Å²) in [6.45, 7) is 2.01. The van der Waals surface area contributed by atoms with Crippen molar-refractivity contribution in [1.29, 1.82) is 0 Å². The number of carbonyl (C=O) groups is 2. The summed E-state index contributed by atoms with van der Waals surface area (Å²) in [5, 5.41) is 1.22. The molecule has 1 aliphatic rings. The summed E-state index contributed by atoms with van der Waals surface area (Å²) in [5.74, 6) is 0.449. The molecule has 1 heterocycles. The van der Waals surface area contributed by atoms with Gasteiger partial charge in [-0.25, -0.2) is 0 Å². The van der Waals surface area contributed by atoms with Crippen molar-refractivity contribution in [2.24, 2.45) is 0 Å². The van der Waals surface area contributed by atoms with Crippen LogP contribution in [0.5, 0.6) is 0 Å².